The number of hydrogen-bond acceptors (Lipinski definition) is 4. The Kier molecular flexibility index (Phi) is 6.09. The maximum Gasteiger partial charge on any atom is 0.411 e. The van der Waals surface area contributed by atoms with Crippen molar-refractivity contribution < 1.29 is 19.1 Å². The molecule has 2 fully saturated rings. The van der Waals surface area contributed by atoms with Crippen molar-refractivity contribution in [1.82, 2.24) is 9.80 Å². The van der Waals surface area contributed by atoms with Gasteiger partial charge in [-0.05, 0) is 11.1 Å². The van der Waals surface area contributed by atoms with Gasteiger partial charge in [0, 0.05) is 6.42 Å². The van der Waals surface area contributed by atoms with Crippen LogP contribution in [0.3, 0.4) is 0 Å². The van der Waals surface area contributed by atoms with E-state index in [1.54, 1.807) is 0 Å². The molecule has 2 atom stereocenters. The number of amides is 3. The molecule has 28 heavy (non-hydrogen) atoms. The van der Waals surface area contributed by atoms with Crippen LogP contribution >= 0.6 is 0 Å². The Morgan fingerprint density at radius 3 is 1.93 bits per heavy atom. The topological polar surface area (TPSA) is 66.9 Å². The highest BCUT2D eigenvalue weighted by Gasteiger charge is 2.58. The minimum Gasteiger partial charge on any atom is -0.445 e. The van der Waals surface area contributed by atoms with Crippen LogP contribution in [0.1, 0.15) is 31.4 Å². The van der Waals surface area contributed by atoms with Gasteiger partial charge in [-0.3, -0.25) is 19.4 Å². The quantitative estimate of drug-likeness (QED) is 0.763. The summed E-state index contributed by atoms with van der Waals surface area (Å²) in [6.45, 7) is 4.35. The Labute approximate surface area is 164 Å². The SMILES string of the molecule is CC.O=C1C2CC(C(=O)N1Cc1ccccc1)N2C(=O)OCc1ccccc1. The molecule has 2 unspecified atom stereocenters. The van der Waals surface area contributed by atoms with E-state index in [1.165, 1.54) is 9.80 Å². The minimum absolute atomic E-state index is 0.117. The maximum atomic E-state index is 12.6. The van der Waals surface area contributed by atoms with Gasteiger partial charge in [0.1, 0.15) is 18.7 Å². The van der Waals surface area contributed by atoms with Crippen molar-refractivity contribution in [2.45, 2.75) is 45.5 Å². The molecule has 3 amide bonds. The van der Waals surface area contributed by atoms with E-state index in [9.17, 15) is 14.4 Å². The highest BCUT2D eigenvalue weighted by molar-refractivity contribution is 6.08. The summed E-state index contributed by atoms with van der Waals surface area (Å²) in [6, 6.07) is 17.4. The Morgan fingerprint density at radius 2 is 1.39 bits per heavy atom. The predicted octanol–water partition coefficient (Wildman–Crippen LogP) is 3.36. The van der Waals surface area contributed by atoms with Crippen LogP contribution in [0.2, 0.25) is 0 Å². The van der Waals surface area contributed by atoms with Crippen molar-refractivity contribution in [2.24, 2.45) is 0 Å². The largest absolute Gasteiger partial charge is 0.445 e. The predicted molar refractivity (Wildman–Crippen MR) is 104 cm³/mol. The molecule has 0 aliphatic carbocycles. The average Bonchev–Trinajstić information content (AvgIpc) is 2.71. The molecular weight excluding hydrogens is 356 g/mol. The van der Waals surface area contributed by atoms with Crippen LogP contribution in [0.15, 0.2) is 60.7 Å². The van der Waals surface area contributed by atoms with Gasteiger partial charge in [-0.25, -0.2) is 4.79 Å². The zero-order valence-corrected chi connectivity index (χ0v) is 16.1. The van der Waals surface area contributed by atoms with Crippen LogP contribution < -0.4 is 0 Å². The van der Waals surface area contributed by atoms with Crippen LogP contribution in [0, 0.1) is 0 Å². The van der Waals surface area contributed by atoms with Gasteiger partial charge in [-0.15, -0.1) is 0 Å². The molecule has 2 aliphatic heterocycles. The first-order chi connectivity index (χ1) is 13.6. The normalized spacial score (nSPS) is 20.1. The van der Waals surface area contributed by atoms with Gasteiger partial charge in [0.25, 0.3) is 11.8 Å². The lowest BCUT2D eigenvalue weighted by Crippen LogP contribution is -2.74. The van der Waals surface area contributed by atoms with E-state index in [4.69, 9.17) is 4.74 Å². The molecular formula is C22H24N2O4. The number of rotatable bonds is 4. The molecule has 2 aromatic carbocycles. The number of fused-ring (bicyclic) bond motifs is 2. The van der Waals surface area contributed by atoms with E-state index in [0.29, 0.717) is 6.42 Å². The zero-order valence-electron chi connectivity index (χ0n) is 16.1. The number of ether oxygens (including phenoxy) is 1. The third kappa shape index (κ3) is 3.76. The highest BCUT2D eigenvalue weighted by atomic mass is 16.6. The van der Waals surface area contributed by atoms with Gasteiger partial charge in [0.15, 0.2) is 0 Å². The Balaban J connectivity index is 0.00000109. The molecule has 2 aromatic rings. The van der Waals surface area contributed by atoms with Crippen molar-refractivity contribution in [1.29, 1.82) is 0 Å². The highest BCUT2D eigenvalue weighted by Crippen LogP contribution is 2.35. The van der Waals surface area contributed by atoms with Gasteiger partial charge in [-0.2, -0.15) is 0 Å². The van der Waals surface area contributed by atoms with Crippen LogP contribution in [0.25, 0.3) is 0 Å². The fourth-order valence-electron chi connectivity index (χ4n) is 3.40. The van der Waals surface area contributed by atoms with E-state index in [-0.39, 0.29) is 25.0 Å². The fourth-order valence-corrected chi connectivity index (χ4v) is 3.40. The summed E-state index contributed by atoms with van der Waals surface area (Å²) in [5.74, 6) is -0.670. The number of likely N-dealkylation sites (tertiary alicyclic amines) is 2. The summed E-state index contributed by atoms with van der Waals surface area (Å²) in [7, 11) is 0. The summed E-state index contributed by atoms with van der Waals surface area (Å²) in [5, 5.41) is 0. The molecule has 2 bridgehead atoms. The smallest absolute Gasteiger partial charge is 0.411 e. The number of benzene rings is 2. The molecule has 2 saturated heterocycles. The van der Waals surface area contributed by atoms with E-state index >= 15 is 0 Å². The molecule has 146 valence electrons. The number of piperidine rings is 1. The maximum absolute atomic E-state index is 12.6. The molecule has 0 saturated carbocycles. The van der Waals surface area contributed by atoms with Gasteiger partial charge >= 0.3 is 6.09 Å². The molecule has 0 N–H and O–H groups in total. The lowest BCUT2D eigenvalue weighted by atomic mass is 9.86. The van der Waals surface area contributed by atoms with Crippen molar-refractivity contribution in [3.63, 3.8) is 0 Å². The lowest BCUT2D eigenvalue weighted by molar-refractivity contribution is -0.172. The number of carbonyl (C=O) groups is 3. The summed E-state index contributed by atoms with van der Waals surface area (Å²) in [4.78, 5) is 40.1. The second-order valence-electron chi connectivity index (χ2n) is 6.46. The number of piperazine rings is 1. The molecule has 0 aromatic heterocycles. The van der Waals surface area contributed by atoms with Crippen molar-refractivity contribution >= 4 is 17.9 Å². The summed E-state index contributed by atoms with van der Waals surface area (Å²) < 4.78 is 5.28. The first kappa shape index (κ1) is 19.6. The number of imide groups is 1. The third-order valence-corrected chi connectivity index (χ3v) is 4.82. The lowest BCUT2D eigenvalue weighted by Gasteiger charge is -2.52. The molecule has 2 aliphatic rings. The number of nitrogens with zero attached hydrogens (tertiary/aromatic N) is 2. The Bertz CT molecular complexity index is 816. The third-order valence-electron chi connectivity index (χ3n) is 4.82. The molecule has 2 heterocycles. The monoisotopic (exact) mass is 380 g/mol. The standard InChI is InChI=1S/C20H18N2O4.C2H6/c23-18-16-11-17(19(24)21(18)12-14-7-3-1-4-8-14)22(16)20(25)26-13-15-9-5-2-6-10-15;1-2/h1-10,16-17H,11-13H2;1-2H3. The van der Waals surface area contributed by atoms with Gasteiger partial charge in [-0.1, -0.05) is 74.5 Å². The van der Waals surface area contributed by atoms with Crippen LogP contribution in [0.4, 0.5) is 4.79 Å². The molecule has 6 heteroatoms. The Hall–Kier alpha value is -3.15. The number of carbonyl (C=O) groups excluding carboxylic acids is 3. The van der Waals surface area contributed by atoms with Crippen LogP contribution in [-0.2, 0) is 27.5 Å². The average molecular weight is 380 g/mol. The van der Waals surface area contributed by atoms with Gasteiger partial charge in [0.2, 0.25) is 0 Å². The summed E-state index contributed by atoms with van der Waals surface area (Å²) in [5.41, 5.74) is 1.74. The van der Waals surface area contributed by atoms with Crippen molar-refractivity contribution in [3.8, 4) is 0 Å². The van der Waals surface area contributed by atoms with Crippen molar-refractivity contribution in [2.75, 3.05) is 0 Å². The van der Waals surface area contributed by atoms with E-state index in [1.807, 2.05) is 74.5 Å². The first-order valence-corrected chi connectivity index (χ1v) is 9.53. The fraction of sp³-hybridized carbons (Fsp3) is 0.318. The van der Waals surface area contributed by atoms with Crippen LogP contribution in [-0.4, -0.2) is 39.8 Å². The first-order valence-electron chi connectivity index (χ1n) is 9.53. The Morgan fingerprint density at radius 1 is 0.893 bits per heavy atom. The van der Waals surface area contributed by atoms with Crippen molar-refractivity contribution in [3.05, 3.63) is 71.8 Å². The van der Waals surface area contributed by atoms with Gasteiger partial charge < -0.3 is 4.74 Å². The molecule has 6 nitrogen and oxygen atoms in total. The molecule has 0 radical (unpaired) electrons. The minimum atomic E-state index is -0.615. The molecule has 0 spiro atoms. The summed E-state index contributed by atoms with van der Waals surface area (Å²) in [6.07, 6.45) is -0.236. The summed E-state index contributed by atoms with van der Waals surface area (Å²) >= 11 is 0. The second-order valence-corrected chi connectivity index (χ2v) is 6.46. The second kappa shape index (κ2) is 8.69. The van der Waals surface area contributed by atoms with E-state index in [2.05, 4.69) is 0 Å². The van der Waals surface area contributed by atoms with Crippen LogP contribution in [0.5, 0.6) is 0 Å². The molecule has 4 rings (SSSR count). The number of hydrogen-bond donors (Lipinski definition) is 0. The zero-order chi connectivity index (χ0) is 20.1. The van der Waals surface area contributed by atoms with E-state index < -0.39 is 18.2 Å². The van der Waals surface area contributed by atoms with E-state index in [0.717, 1.165) is 11.1 Å². The van der Waals surface area contributed by atoms with Gasteiger partial charge in [0.05, 0.1) is 6.54 Å².